The van der Waals surface area contributed by atoms with E-state index >= 15 is 0 Å². The zero-order valence-corrected chi connectivity index (χ0v) is 19.2. The summed E-state index contributed by atoms with van der Waals surface area (Å²) in [6, 6.07) is 10.9. The number of rotatable bonds is 9. The number of benzene rings is 2. The molecular weight excluding hydrogens is 412 g/mol. The minimum atomic E-state index is -0.296. The predicted molar refractivity (Wildman–Crippen MR) is 126 cm³/mol. The van der Waals surface area contributed by atoms with Gasteiger partial charge in [0, 0.05) is 10.8 Å². The molecule has 3 rings (SSSR count). The van der Waals surface area contributed by atoms with Crippen LogP contribution in [0.25, 0.3) is 11.0 Å². The summed E-state index contributed by atoms with van der Waals surface area (Å²) in [6.07, 6.45) is 1.62. The van der Waals surface area contributed by atoms with Gasteiger partial charge in [0.15, 0.2) is 16.7 Å². The van der Waals surface area contributed by atoms with E-state index in [0.717, 1.165) is 21.8 Å². The first-order chi connectivity index (χ1) is 14.9. The molecule has 0 saturated carbocycles. The fourth-order valence-electron chi connectivity index (χ4n) is 2.86. The summed E-state index contributed by atoms with van der Waals surface area (Å²) >= 11 is 1.65. The van der Waals surface area contributed by atoms with Crippen molar-refractivity contribution in [2.24, 2.45) is 5.10 Å². The summed E-state index contributed by atoms with van der Waals surface area (Å²) in [5, 5.41) is 5.35. The van der Waals surface area contributed by atoms with E-state index in [0.29, 0.717) is 28.9 Å². The molecule has 8 heteroatoms. The van der Waals surface area contributed by atoms with Crippen molar-refractivity contribution in [3.05, 3.63) is 47.5 Å². The molecule has 0 unspecified atom stereocenters. The van der Waals surface area contributed by atoms with Crippen LogP contribution in [-0.2, 0) is 0 Å². The second kappa shape index (κ2) is 10.3. The molecule has 2 aromatic carbocycles. The number of thioether (sulfide) groups is 1. The molecule has 0 aliphatic heterocycles. The molecule has 2 N–H and O–H groups in total. The largest absolute Gasteiger partial charge is 0.490 e. The van der Waals surface area contributed by atoms with E-state index in [1.54, 1.807) is 30.1 Å². The van der Waals surface area contributed by atoms with Gasteiger partial charge in [0.25, 0.3) is 5.91 Å². The molecule has 3 aromatic rings. The molecule has 0 fully saturated rings. The SMILES string of the molecule is CCOc1cc(/C=N\NC(=O)c2ccc3nc(SC(C)C)[nH]c3c2)ccc1OC(C)C. The van der Waals surface area contributed by atoms with E-state index in [1.807, 2.05) is 45.0 Å². The lowest BCUT2D eigenvalue weighted by molar-refractivity contribution is 0.0955. The van der Waals surface area contributed by atoms with Crippen LogP contribution in [0, 0.1) is 0 Å². The number of amides is 1. The number of carbonyl (C=O) groups excluding carboxylic acids is 1. The van der Waals surface area contributed by atoms with Crippen molar-refractivity contribution in [1.29, 1.82) is 0 Å². The van der Waals surface area contributed by atoms with Gasteiger partial charge in [0.2, 0.25) is 0 Å². The normalized spacial score (nSPS) is 11.6. The van der Waals surface area contributed by atoms with Gasteiger partial charge >= 0.3 is 0 Å². The first kappa shape index (κ1) is 22.7. The Morgan fingerprint density at radius 3 is 2.71 bits per heavy atom. The first-order valence-corrected chi connectivity index (χ1v) is 11.2. The monoisotopic (exact) mass is 440 g/mol. The topological polar surface area (TPSA) is 88.6 Å². The van der Waals surface area contributed by atoms with Crippen molar-refractivity contribution >= 4 is 34.9 Å². The van der Waals surface area contributed by atoms with Gasteiger partial charge in [-0.15, -0.1) is 0 Å². The highest BCUT2D eigenvalue weighted by Gasteiger charge is 2.10. The highest BCUT2D eigenvalue weighted by Crippen LogP contribution is 2.29. The van der Waals surface area contributed by atoms with E-state index in [1.165, 1.54) is 0 Å². The first-order valence-electron chi connectivity index (χ1n) is 10.3. The minimum absolute atomic E-state index is 0.0465. The summed E-state index contributed by atoms with van der Waals surface area (Å²) in [5.41, 5.74) is 5.51. The Balaban J connectivity index is 1.69. The number of carbonyl (C=O) groups is 1. The van der Waals surface area contributed by atoms with E-state index in [4.69, 9.17) is 9.47 Å². The van der Waals surface area contributed by atoms with Crippen LogP contribution in [0.4, 0.5) is 0 Å². The molecule has 1 heterocycles. The van der Waals surface area contributed by atoms with E-state index < -0.39 is 0 Å². The lowest BCUT2D eigenvalue weighted by Gasteiger charge is -2.14. The van der Waals surface area contributed by atoms with Crippen LogP contribution in [0.15, 0.2) is 46.7 Å². The molecule has 0 aliphatic rings. The zero-order valence-electron chi connectivity index (χ0n) is 18.4. The average Bonchev–Trinajstić information content (AvgIpc) is 3.10. The number of fused-ring (bicyclic) bond motifs is 1. The third-order valence-electron chi connectivity index (χ3n) is 4.08. The van der Waals surface area contributed by atoms with Gasteiger partial charge in [-0.2, -0.15) is 5.10 Å². The van der Waals surface area contributed by atoms with Crippen LogP contribution >= 0.6 is 11.8 Å². The quantitative estimate of drug-likeness (QED) is 0.277. The Morgan fingerprint density at radius 2 is 2.00 bits per heavy atom. The van der Waals surface area contributed by atoms with Crippen LogP contribution in [0.1, 0.15) is 50.5 Å². The maximum absolute atomic E-state index is 12.5. The summed E-state index contributed by atoms with van der Waals surface area (Å²) in [7, 11) is 0. The molecule has 31 heavy (non-hydrogen) atoms. The number of hydrazone groups is 1. The van der Waals surface area contributed by atoms with E-state index in [2.05, 4.69) is 34.3 Å². The van der Waals surface area contributed by atoms with Crippen molar-refractivity contribution < 1.29 is 14.3 Å². The van der Waals surface area contributed by atoms with Gasteiger partial charge in [0.1, 0.15) is 0 Å². The lowest BCUT2D eigenvalue weighted by Crippen LogP contribution is -2.17. The smallest absolute Gasteiger partial charge is 0.271 e. The molecule has 0 bridgehead atoms. The average molecular weight is 441 g/mol. The number of nitrogens with zero attached hydrogens (tertiary/aromatic N) is 2. The maximum Gasteiger partial charge on any atom is 0.271 e. The highest BCUT2D eigenvalue weighted by atomic mass is 32.2. The second-order valence-electron chi connectivity index (χ2n) is 7.45. The number of aromatic nitrogens is 2. The second-order valence-corrected chi connectivity index (χ2v) is 9.01. The van der Waals surface area contributed by atoms with Crippen LogP contribution in [-0.4, -0.2) is 40.1 Å². The van der Waals surface area contributed by atoms with Crippen molar-refractivity contribution in [2.45, 2.75) is 51.1 Å². The molecule has 1 amide bonds. The van der Waals surface area contributed by atoms with Gasteiger partial charge in [0.05, 0.1) is 30.0 Å². The van der Waals surface area contributed by atoms with Gasteiger partial charge in [-0.05, 0) is 62.7 Å². The summed E-state index contributed by atoms with van der Waals surface area (Å²) in [4.78, 5) is 20.3. The fraction of sp³-hybridized carbons (Fsp3) is 0.348. The van der Waals surface area contributed by atoms with Crippen molar-refractivity contribution in [2.75, 3.05) is 6.61 Å². The van der Waals surface area contributed by atoms with Crippen molar-refractivity contribution in [1.82, 2.24) is 15.4 Å². The molecule has 0 spiro atoms. The Bertz CT molecular complexity index is 1080. The van der Waals surface area contributed by atoms with Crippen LogP contribution in [0.5, 0.6) is 11.5 Å². The number of imidazole rings is 1. The molecule has 0 radical (unpaired) electrons. The molecule has 0 atom stereocenters. The third-order valence-corrected chi connectivity index (χ3v) is 4.97. The summed E-state index contributed by atoms with van der Waals surface area (Å²) < 4.78 is 11.4. The van der Waals surface area contributed by atoms with Gasteiger partial charge < -0.3 is 14.5 Å². The van der Waals surface area contributed by atoms with Crippen LogP contribution in [0.2, 0.25) is 0 Å². The number of nitrogens with one attached hydrogen (secondary N) is 2. The predicted octanol–water partition coefficient (Wildman–Crippen LogP) is 5.01. The van der Waals surface area contributed by atoms with Gasteiger partial charge in [-0.1, -0.05) is 25.6 Å². The molecule has 0 saturated heterocycles. The number of ether oxygens (including phenoxy) is 2. The maximum atomic E-state index is 12.5. The lowest BCUT2D eigenvalue weighted by atomic mass is 10.2. The Kier molecular flexibility index (Phi) is 7.57. The van der Waals surface area contributed by atoms with Crippen molar-refractivity contribution in [3.8, 4) is 11.5 Å². The number of H-pyrrole nitrogens is 1. The third kappa shape index (κ3) is 6.24. The molecule has 164 valence electrons. The Labute approximate surface area is 186 Å². The molecular formula is C23H28N4O3S. The van der Waals surface area contributed by atoms with Crippen LogP contribution in [0.3, 0.4) is 0 Å². The van der Waals surface area contributed by atoms with E-state index in [9.17, 15) is 4.79 Å². The zero-order chi connectivity index (χ0) is 22.4. The molecule has 1 aromatic heterocycles. The number of aromatic amines is 1. The van der Waals surface area contributed by atoms with Gasteiger partial charge in [-0.25, -0.2) is 10.4 Å². The Hall–Kier alpha value is -3.00. The number of hydrogen-bond donors (Lipinski definition) is 2. The highest BCUT2D eigenvalue weighted by molar-refractivity contribution is 7.99. The standard InChI is InChI=1S/C23H28N4O3S/c1-6-29-21-11-16(7-10-20(21)30-14(2)3)13-24-27-22(28)17-8-9-18-19(12-17)26-23(25-18)31-15(4)5/h7-15H,6H2,1-5H3,(H,25,26)(H,27,28)/b24-13-. The summed E-state index contributed by atoms with van der Waals surface area (Å²) in [5.74, 6) is 1.03. The van der Waals surface area contributed by atoms with Gasteiger partial charge in [-0.3, -0.25) is 4.79 Å². The van der Waals surface area contributed by atoms with Crippen LogP contribution < -0.4 is 14.9 Å². The number of hydrogen-bond acceptors (Lipinski definition) is 6. The molecule has 7 nitrogen and oxygen atoms in total. The fourth-order valence-corrected chi connectivity index (χ4v) is 3.63. The van der Waals surface area contributed by atoms with Crippen molar-refractivity contribution in [3.63, 3.8) is 0 Å². The minimum Gasteiger partial charge on any atom is -0.490 e. The molecule has 0 aliphatic carbocycles. The summed E-state index contributed by atoms with van der Waals surface area (Å²) in [6.45, 7) is 10.6. The Morgan fingerprint density at radius 1 is 1.19 bits per heavy atom. The van der Waals surface area contributed by atoms with E-state index in [-0.39, 0.29) is 12.0 Å².